The highest BCUT2D eigenvalue weighted by atomic mass is 32.2. The number of nitrogens with zero attached hydrogens (tertiary/aromatic N) is 2. The van der Waals surface area contributed by atoms with Gasteiger partial charge in [0, 0.05) is 12.7 Å². The Hall–Kier alpha value is -2.19. The zero-order chi connectivity index (χ0) is 15.7. The molecule has 1 N–H and O–H groups in total. The maximum absolute atomic E-state index is 12.4. The highest BCUT2D eigenvalue weighted by Gasteiger charge is 2.16. The number of hydrogen-bond acceptors (Lipinski definition) is 5. The first-order chi connectivity index (χ1) is 10.5. The molecule has 0 atom stereocenters. The molecule has 2 aromatic heterocycles. The molecule has 6 nitrogen and oxygen atoms in total. The number of pyridine rings is 1. The van der Waals surface area contributed by atoms with Crippen molar-refractivity contribution in [3.05, 3.63) is 52.4 Å². The molecule has 1 aromatic carbocycles. The first kappa shape index (κ1) is 14.7. The van der Waals surface area contributed by atoms with Crippen molar-refractivity contribution in [2.75, 3.05) is 4.72 Å². The summed E-state index contributed by atoms with van der Waals surface area (Å²) in [7, 11) is -3.71. The predicted molar refractivity (Wildman–Crippen MR) is 86.8 cm³/mol. The fourth-order valence-corrected chi connectivity index (χ4v) is 4.29. The van der Waals surface area contributed by atoms with Crippen molar-refractivity contribution in [2.24, 2.45) is 0 Å². The van der Waals surface area contributed by atoms with Gasteiger partial charge in [-0.3, -0.25) is 19.1 Å². The van der Waals surface area contributed by atoms with Gasteiger partial charge in [0.15, 0.2) is 0 Å². The Morgan fingerprint density at radius 2 is 2.14 bits per heavy atom. The topological polar surface area (TPSA) is 81.1 Å². The van der Waals surface area contributed by atoms with Crippen LogP contribution in [0.2, 0.25) is 0 Å². The molecule has 0 aliphatic carbocycles. The van der Waals surface area contributed by atoms with Gasteiger partial charge in [-0.15, -0.1) is 0 Å². The van der Waals surface area contributed by atoms with Crippen molar-refractivity contribution in [1.29, 1.82) is 0 Å². The third-order valence-corrected chi connectivity index (χ3v) is 5.50. The van der Waals surface area contributed by atoms with Crippen LogP contribution in [0.25, 0.3) is 10.2 Å². The van der Waals surface area contributed by atoms with E-state index in [-0.39, 0.29) is 9.77 Å². The Labute approximate surface area is 131 Å². The minimum atomic E-state index is -3.71. The van der Waals surface area contributed by atoms with E-state index in [1.165, 1.54) is 18.3 Å². The monoisotopic (exact) mass is 335 g/mol. The van der Waals surface area contributed by atoms with Crippen LogP contribution in [0.5, 0.6) is 0 Å². The lowest BCUT2D eigenvalue weighted by Crippen LogP contribution is -2.13. The fourth-order valence-electron chi connectivity index (χ4n) is 2.15. The summed E-state index contributed by atoms with van der Waals surface area (Å²) in [6.07, 6.45) is 3.00. The number of benzene rings is 1. The number of rotatable bonds is 4. The number of sulfonamides is 1. The minimum Gasteiger partial charge on any atom is -0.299 e. The van der Waals surface area contributed by atoms with Gasteiger partial charge in [-0.25, -0.2) is 8.42 Å². The second-order valence-corrected chi connectivity index (χ2v) is 7.26. The molecule has 0 saturated heterocycles. The molecular formula is C14H13N3O3S2. The molecule has 0 fully saturated rings. The lowest BCUT2D eigenvalue weighted by atomic mass is 10.3. The number of aryl methyl sites for hydroxylation is 1. The molecule has 0 aliphatic heterocycles. The standard InChI is InChI=1S/C14H13N3O3S2/c1-2-17-12-6-5-11(8-13(12)21-14(17)18)22(19,20)16-10-4-3-7-15-9-10/h3-9,16H,2H2,1H3. The van der Waals surface area contributed by atoms with Crippen LogP contribution < -0.4 is 9.60 Å². The normalized spacial score (nSPS) is 11.7. The van der Waals surface area contributed by atoms with Gasteiger partial charge in [-0.2, -0.15) is 0 Å². The van der Waals surface area contributed by atoms with Gasteiger partial charge < -0.3 is 0 Å². The molecule has 0 aliphatic rings. The van der Waals surface area contributed by atoms with Crippen molar-refractivity contribution < 1.29 is 8.42 Å². The number of hydrogen-bond donors (Lipinski definition) is 1. The SMILES string of the molecule is CCn1c(=O)sc2cc(S(=O)(=O)Nc3cccnc3)ccc21. The zero-order valence-corrected chi connectivity index (χ0v) is 13.3. The van der Waals surface area contributed by atoms with Crippen molar-refractivity contribution in [3.63, 3.8) is 0 Å². The number of nitrogens with one attached hydrogen (secondary N) is 1. The van der Waals surface area contributed by atoms with Crippen molar-refractivity contribution in [2.45, 2.75) is 18.4 Å². The van der Waals surface area contributed by atoms with Gasteiger partial charge in [0.1, 0.15) is 0 Å². The third kappa shape index (κ3) is 2.62. The number of fused-ring (bicyclic) bond motifs is 1. The van der Waals surface area contributed by atoms with Gasteiger partial charge in [-0.1, -0.05) is 11.3 Å². The molecule has 0 amide bonds. The Morgan fingerprint density at radius 3 is 2.82 bits per heavy atom. The van der Waals surface area contributed by atoms with Gasteiger partial charge in [0.05, 0.1) is 27.0 Å². The van der Waals surface area contributed by atoms with Crippen LogP contribution in [0.3, 0.4) is 0 Å². The molecule has 22 heavy (non-hydrogen) atoms. The van der Waals surface area contributed by atoms with Crippen molar-refractivity contribution >= 4 is 37.3 Å². The van der Waals surface area contributed by atoms with Crippen LogP contribution in [-0.2, 0) is 16.6 Å². The quantitative estimate of drug-likeness (QED) is 0.793. The summed E-state index contributed by atoms with van der Waals surface area (Å²) >= 11 is 1.04. The summed E-state index contributed by atoms with van der Waals surface area (Å²) in [5, 5.41) is 0. The van der Waals surface area contributed by atoms with Crippen LogP contribution in [-0.4, -0.2) is 18.0 Å². The molecule has 3 aromatic rings. The van der Waals surface area contributed by atoms with E-state index in [0.29, 0.717) is 16.9 Å². The summed E-state index contributed by atoms with van der Waals surface area (Å²) in [6, 6.07) is 7.95. The van der Waals surface area contributed by atoms with Gasteiger partial charge >= 0.3 is 4.87 Å². The Morgan fingerprint density at radius 1 is 1.32 bits per heavy atom. The van der Waals surface area contributed by atoms with Crippen LogP contribution in [0, 0.1) is 0 Å². The Bertz CT molecular complexity index is 975. The van der Waals surface area contributed by atoms with Crippen LogP contribution >= 0.6 is 11.3 Å². The zero-order valence-electron chi connectivity index (χ0n) is 11.7. The first-order valence-corrected chi connectivity index (χ1v) is 8.87. The van der Waals surface area contributed by atoms with E-state index in [2.05, 4.69) is 9.71 Å². The summed E-state index contributed by atoms with van der Waals surface area (Å²) in [5.41, 5.74) is 1.14. The van der Waals surface area contributed by atoms with E-state index in [1.54, 1.807) is 29.0 Å². The Balaban J connectivity index is 2.04. The van der Waals surface area contributed by atoms with Crippen LogP contribution in [0.15, 0.2) is 52.4 Å². The van der Waals surface area contributed by atoms with Gasteiger partial charge in [-0.05, 0) is 37.3 Å². The molecule has 3 rings (SSSR count). The van der Waals surface area contributed by atoms with Crippen molar-refractivity contribution in [3.8, 4) is 0 Å². The van der Waals surface area contributed by atoms with E-state index >= 15 is 0 Å². The van der Waals surface area contributed by atoms with E-state index in [0.717, 1.165) is 16.9 Å². The fraction of sp³-hybridized carbons (Fsp3) is 0.143. The molecule has 2 heterocycles. The predicted octanol–water partition coefficient (Wildman–Crippen LogP) is 2.28. The molecule has 0 bridgehead atoms. The minimum absolute atomic E-state index is 0.0905. The smallest absolute Gasteiger partial charge is 0.299 e. The summed E-state index contributed by atoms with van der Waals surface area (Å²) in [5.74, 6) is 0. The molecule has 0 unspecified atom stereocenters. The molecule has 114 valence electrons. The second kappa shape index (κ2) is 5.54. The summed E-state index contributed by atoms with van der Waals surface area (Å²) < 4.78 is 29.5. The van der Waals surface area contributed by atoms with E-state index < -0.39 is 10.0 Å². The molecule has 8 heteroatoms. The second-order valence-electron chi connectivity index (χ2n) is 4.59. The van der Waals surface area contributed by atoms with Gasteiger partial charge in [0.25, 0.3) is 10.0 Å². The maximum Gasteiger partial charge on any atom is 0.308 e. The molecular weight excluding hydrogens is 322 g/mol. The summed E-state index contributed by atoms with van der Waals surface area (Å²) in [6.45, 7) is 2.43. The average Bonchev–Trinajstić information content (AvgIpc) is 2.82. The summed E-state index contributed by atoms with van der Waals surface area (Å²) in [4.78, 5) is 15.7. The highest BCUT2D eigenvalue weighted by Crippen LogP contribution is 2.23. The van der Waals surface area contributed by atoms with E-state index in [9.17, 15) is 13.2 Å². The molecule has 0 spiro atoms. The van der Waals surface area contributed by atoms with Gasteiger partial charge in [0.2, 0.25) is 0 Å². The maximum atomic E-state index is 12.4. The highest BCUT2D eigenvalue weighted by molar-refractivity contribution is 7.92. The largest absolute Gasteiger partial charge is 0.308 e. The Kier molecular flexibility index (Phi) is 3.71. The third-order valence-electron chi connectivity index (χ3n) is 3.18. The van der Waals surface area contributed by atoms with Crippen LogP contribution in [0.4, 0.5) is 5.69 Å². The van der Waals surface area contributed by atoms with Crippen molar-refractivity contribution in [1.82, 2.24) is 9.55 Å². The number of anilines is 1. The number of thiazole rings is 1. The molecule has 0 radical (unpaired) electrons. The number of aromatic nitrogens is 2. The average molecular weight is 335 g/mol. The van der Waals surface area contributed by atoms with E-state index in [4.69, 9.17) is 0 Å². The van der Waals surface area contributed by atoms with E-state index in [1.807, 2.05) is 6.92 Å². The lowest BCUT2D eigenvalue weighted by molar-refractivity contribution is 0.601. The molecule has 0 saturated carbocycles. The van der Waals surface area contributed by atoms with Crippen LogP contribution in [0.1, 0.15) is 6.92 Å². The first-order valence-electron chi connectivity index (χ1n) is 6.57. The lowest BCUT2D eigenvalue weighted by Gasteiger charge is -2.07.